The van der Waals surface area contributed by atoms with Crippen molar-refractivity contribution in [3.05, 3.63) is 6.42 Å². The Morgan fingerprint density at radius 2 is 2.14 bits per heavy atom. The van der Waals surface area contributed by atoms with Gasteiger partial charge < -0.3 is 9.79 Å². The molecule has 0 aromatic carbocycles. The van der Waals surface area contributed by atoms with Crippen LogP contribution in [0.4, 0.5) is 0 Å². The summed E-state index contributed by atoms with van der Waals surface area (Å²) >= 11 is 0. The summed E-state index contributed by atoms with van der Waals surface area (Å²) in [4.78, 5) is 16.2. The van der Waals surface area contributed by atoms with Gasteiger partial charge in [-0.25, -0.2) is 0 Å². The van der Waals surface area contributed by atoms with E-state index >= 15 is 0 Å². The molecule has 0 aromatic rings. The molecule has 2 N–H and O–H groups in total. The second kappa shape index (κ2) is 2.46. The van der Waals surface area contributed by atoms with E-state index in [1.54, 1.807) is 6.92 Å². The highest BCUT2D eigenvalue weighted by Gasteiger charge is 2.08. The van der Waals surface area contributed by atoms with E-state index in [9.17, 15) is 4.57 Å². The molecule has 0 unspecified atom stereocenters. The molecule has 43 valence electrons. The van der Waals surface area contributed by atoms with Crippen LogP contribution >= 0.6 is 7.60 Å². The third-order valence-electron chi connectivity index (χ3n) is 0.420. The molecule has 0 aliphatic carbocycles. The van der Waals surface area contributed by atoms with Crippen molar-refractivity contribution in [3.8, 4) is 0 Å². The molecular weight excluding hydrogens is 115 g/mol. The lowest BCUT2D eigenvalue weighted by molar-refractivity contribution is 0.376. The molecule has 0 aromatic heterocycles. The zero-order chi connectivity index (χ0) is 5.91. The minimum absolute atomic E-state index is 0.118. The number of hydrogen-bond acceptors (Lipinski definition) is 1. The Labute approximate surface area is 42.5 Å². The third-order valence-corrected chi connectivity index (χ3v) is 1.26. The van der Waals surface area contributed by atoms with Crippen molar-refractivity contribution in [2.24, 2.45) is 0 Å². The van der Waals surface area contributed by atoms with Crippen LogP contribution in [0.1, 0.15) is 6.92 Å². The molecule has 0 heterocycles. The van der Waals surface area contributed by atoms with Crippen molar-refractivity contribution in [2.45, 2.75) is 6.92 Å². The highest BCUT2D eigenvalue weighted by Crippen LogP contribution is 2.34. The van der Waals surface area contributed by atoms with Gasteiger partial charge >= 0.3 is 7.60 Å². The molecule has 0 amide bonds. The van der Waals surface area contributed by atoms with Crippen molar-refractivity contribution >= 4 is 7.60 Å². The SMILES string of the molecule is C[CH]CP(=O)(O)O. The minimum Gasteiger partial charge on any atom is -0.324 e. The molecule has 0 spiro atoms. The van der Waals surface area contributed by atoms with Gasteiger partial charge in [-0.15, -0.1) is 0 Å². The molecule has 0 bridgehead atoms. The van der Waals surface area contributed by atoms with Crippen LogP contribution in [-0.4, -0.2) is 15.9 Å². The topological polar surface area (TPSA) is 57.5 Å². The fourth-order valence-corrected chi connectivity index (χ4v) is 0.714. The van der Waals surface area contributed by atoms with Crippen LogP contribution < -0.4 is 0 Å². The van der Waals surface area contributed by atoms with E-state index in [0.717, 1.165) is 0 Å². The summed E-state index contributed by atoms with van der Waals surface area (Å²) in [5.74, 6) is 0. The summed E-state index contributed by atoms with van der Waals surface area (Å²) in [6.45, 7) is 1.61. The second-order valence-corrected chi connectivity index (χ2v) is 2.95. The Morgan fingerprint density at radius 3 is 2.14 bits per heavy atom. The molecule has 0 aliphatic rings. The Kier molecular flexibility index (Phi) is 2.51. The smallest absolute Gasteiger partial charge is 0.324 e. The van der Waals surface area contributed by atoms with Crippen LogP contribution in [0.5, 0.6) is 0 Å². The second-order valence-electron chi connectivity index (χ2n) is 1.26. The third kappa shape index (κ3) is 6.15. The van der Waals surface area contributed by atoms with Gasteiger partial charge in [-0.1, -0.05) is 6.92 Å². The summed E-state index contributed by atoms with van der Waals surface area (Å²) in [5, 5.41) is 0. The highest BCUT2D eigenvalue weighted by molar-refractivity contribution is 7.51. The van der Waals surface area contributed by atoms with E-state index in [1.165, 1.54) is 6.42 Å². The van der Waals surface area contributed by atoms with Gasteiger partial charge in [-0.05, 0) is 6.42 Å². The predicted molar refractivity (Wildman–Crippen MR) is 26.9 cm³/mol. The maximum absolute atomic E-state index is 9.89. The maximum Gasteiger partial charge on any atom is 0.325 e. The Balaban J connectivity index is 3.36. The Morgan fingerprint density at radius 1 is 1.71 bits per heavy atom. The molecule has 0 atom stereocenters. The number of hydrogen-bond donors (Lipinski definition) is 2. The molecule has 4 heteroatoms. The van der Waals surface area contributed by atoms with E-state index in [4.69, 9.17) is 9.79 Å². The normalized spacial score (nSPS) is 11.9. The van der Waals surface area contributed by atoms with Crippen LogP contribution in [0, 0.1) is 6.42 Å². The van der Waals surface area contributed by atoms with Gasteiger partial charge in [0, 0.05) is 0 Å². The van der Waals surface area contributed by atoms with E-state index in [2.05, 4.69) is 0 Å². The van der Waals surface area contributed by atoms with Gasteiger partial charge in [0.05, 0.1) is 6.16 Å². The molecule has 1 radical (unpaired) electrons. The van der Waals surface area contributed by atoms with Gasteiger partial charge in [0.15, 0.2) is 0 Å². The van der Waals surface area contributed by atoms with Crippen LogP contribution in [0.15, 0.2) is 0 Å². The molecule has 7 heavy (non-hydrogen) atoms. The van der Waals surface area contributed by atoms with Crippen LogP contribution in [0.2, 0.25) is 0 Å². The van der Waals surface area contributed by atoms with Crippen LogP contribution in [0.3, 0.4) is 0 Å². The molecule has 3 nitrogen and oxygen atoms in total. The minimum atomic E-state index is -3.72. The first kappa shape index (κ1) is 7.15. The van der Waals surface area contributed by atoms with Gasteiger partial charge in [-0.2, -0.15) is 0 Å². The fourth-order valence-electron chi connectivity index (χ4n) is 0.238. The van der Waals surface area contributed by atoms with Crippen molar-refractivity contribution in [3.63, 3.8) is 0 Å². The Bertz CT molecular complexity index is 84.2. The fraction of sp³-hybridized carbons (Fsp3) is 0.667. The van der Waals surface area contributed by atoms with Gasteiger partial charge in [0.25, 0.3) is 0 Å². The summed E-state index contributed by atoms with van der Waals surface area (Å²) < 4.78 is 9.89. The molecule has 0 fully saturated rings. The molecule has 0 aliphatic heterocycles. The largest absolute Gasteiger partial charge is 0.325 e. The summed E-state index contributed by atoms with van der Waals surface area (Å²) in [6, 6.07) is 0. The first-order chi connectivity index (χ1) is 3.06. The first-order valence-electron chi connectivity index (χ1n) is 1.88. The monoisotopic (exact) mass is 123 g/mol. The highest BCUT2D eigenvalue weighted by atomic mass is 31.2. The van der Waals surface area contributed by atoms with Crippen LogP contribution in [-0.2, 0) is 4.57 Å². The van der Waals surface area contributed by atoms with E-state index < -0.39 is 7.60 Å². The predicted octanol–water partition coefficient (Wildman–Crippen LogP) is 0.388. The molecule has 0 saturated heterocycles. The average Bonchev–Trinajstić information content (AvgIpc) is 1.30. The van der Waals surface area contributed by atoms with Crippen LogP contribution in [0.25, 0.3) is 0 Å². The molecule has 0 rings (SSSR count). The quantitative estimate of drug-likeness (QED) is 0.522. The van der Waals surface area contributed by atoms with E-state index in [0.29, 0.717) is 0 Å². The average molecular weight is 123 g/mol. The van der Waals surface area contributed by atoms with Gasteiger partial charge in [0.2, 0.25) is 0 Å². The van der Waals surface area contributed by atoms with Crippen molar-refractivity contribution in [2.75, 3.05) is 6.16 Å². The zero-order valence-electron chi connectivity index (χ0n) is 4.03. The van der Waals surface area contributed by atoms with Gasteiger partial charge in [0.1, 0.15) is 0 Å². The number of rotatable bonds is 2. The zero-order valence-corrected chi connectivity index (χ0v) is 4.93. The van der Waals surface area contributed by atoms with Crippen molar-refractivity contribution < 1.29 is 14.4 Å². The standard InChI is InChI=1S/C3H8O3P/c1-2-3-7(4,5)6/h2H,3H2,1H3,(H2,4,5,6). The molecular formula is C3H8O3P. The summed E-state index contributed by atoms with van der Waals surface area (Å²) in [7, 11) is -3.72. The maximum atomic E-state index is 9.89. The van der Waals surface area contributed by atoms with E-state index in [-0.39, 0.29) is 6.16 Å². The van der Waals surface area contributed by atoms with Crippen molar-refractivity contribution in [1.29, 1.82) is 0 Å². The van der Waals surface area contributed by atoms with Crippen molar-refractivity contribution in [1.82, 2.24) is 0 Å². The summed E-state index contributed by atoms with van der Waals surface area (Å²) in [6.07, 6.45) is 1.33. The lowest BCUT2D eigenvalue weighted by Crippen LogP contribution is -1.83. The lowest BCUT2D eigenvalue weighted by atomic mass is 10.6. The first-order valence-corrected chi connectivity index (χ1v) is 3.68. The summed E-state index contributed by atoms with van der Waals surface area (Å²) in [5.41, 5.74) is 0. The molecule has 0 saturated carbocycles. The Hall–Kier alpha value is 0.150. The van der Waals surface area contributed by atoms with Gasteiger partial charge in [-0.3, -0.25) is 4.57 Å². The van der Waals surface area contributed by atoms with E-state index in [1.807, 2.05) is 0 Å². The lowest BCUT2D eigenvalue weighted by Gasteiger charge is -1.96.